The second-order valence-electron chi connectivity index (χ2n) is 7.59. The number of carboxylic acids is 2. The second-order valence-corrected chi connectivity index (χ2v) is 8.59. The van der Waals surface area contributed by atoms with Gasteiger partial charge in [-0.15, -0.1) is 11.3 Å². The number of hydrogen-bond acceptors (Lipinski definition) is 7. The number of rotatable bonds is 8. The fourth-order valence-corrected chi connectivity index (χ4v) is 3.14. The molecule has 0 aliphatic carbocycles. The minimum atomic E-state index is -1.11. The third-order valence-corrected chi connectivity index (χ3v) is 5.21. The standard InChI is InChI=1S/C19H21N3O4S.C3H7NO2.CH4.FH/c1-10(2)9-26-15-7-6-13(8-14(15)20-5)18-22-11(3)16(27-18)17(23)21-12(4)19(24)25;1-2(4)3(5)6;;/h6-8,10,12H,9H2,1-4H3,(H,21,23)(H,24,25);2H,4H2,1H3,(H,5,6);1H4;1H. The van der Waals surface area contributed by atoms with Crippen LogP contribution in [-0.4, -0.2) is 51.7 Å². The number of aliphatic carboxylic acids is 2. The molecule has 1 aromatic carbocycles. The molecule has 0 aliphatic rings. The molecule has 35 heavy (non-hydrogen) atoms. The number of halogens is 1. The third-order valence-electron chi connectivity index (χ3n) is 4.01. The number of carbonyl (C=O) groups is 3. The number of nitrogens with zero attached hydrogens (tertiary/aromatic N) is 2. The molecule has 10 nitrogen and oxygen atoms in total. The zero-order valence-corrected chi connectivity index (χ0v) is 20.3. The van der Waals surface area contributed by atoms with E-state index in [9.17, 15) is 14.4 Å². The SMILES string of the molecule is C.CC(N)C(=O)O.F.[C-]#[N+]c1cc(-c2nc(C)c(C(=O)NC(C)C(=O)O)s2)ccc1OCC(C)C. The number of benzene rings is 1. The zero-order valence-electron chi connectivity index (χ0n) is 19.5. The van der Waals surface area contributed by atoms with E-state index in [-0.39, 0.29) is 12.1 Å². The molecule has 0 saturated carbocycles. The summed E-state index contributed by atoms with van der Waals surface area (Å²) in [6, 6.07) is 3.49. The Labute approximate surface area is 208 Å². The van der Waals surface area contributed by atoms with Crippen LogP contribution in [-0.2, 0) is 9.59 Å². The third kappa shape index (κ3) is 10.5. The largest absolute Gasteiger partial charge is 0.504 e. The van der Waals surface area contributed by atoms with Crippen LogP contribution in [0.25, 0.3) is 15.4 Å². The lowest BCUT2D eigenvalue weighted by atomic mass is 10.2. The maximum Gasteiger partial charge on any atom is 0.325 e. The molecule has 194 valence electrons. The molecular weight excluding hydrogens is 479 g/mol. The Kier molecular flexibility index (Phi) is 14.8. The van der Waals surface area contributed by atoms with Gasteiger partial charge in [-0.1, -0.05) is 27.3 Å². The van der Waals surface area contributed by atoms with Gasteiger partial charge >= 0.3 is 11.9 Å². The van der Waals surface area contributed by atoms with Crippen LogP contribution in [0.2, 0.25) is 0 Å². The smallest absolute Gasteiger partial charge is 0.325 e. The summed E-state index contributed by atoms with van der Waals surface area (Å²) in [6.45, 7) is 16.5. The summed E-state index contributed by atoms with van der Waals surface area (Å²) in [7, 11) is 0. The van der Waals surface area contributed by atoms with Crippen LogP contribution in [0.1, 0.15) is 50.5 Å². The average Bonchev–Trinajstić information content (AvgIpc) is 3.14. The molecule has 1 amide bonds. The first-order chi connectivity index (χ1) is 15.4. The van der Waals surface area contributed by atoms with Crippen LogP contribution >= 0.6 is 11.3 Å². The summed E-state index contributed by atoms with van der Waals surface area (Å²) in [4.78, 5) is 41.0. The summed E-state index contributed by atoms with van der Waals surface area (Å²) in [5, 5.41) is 19.8. The molecule has 2 atom stereocenters. The van der Waals surface area contributed by atoms with Gasteiger partial charge in [-0.25, -0.2) is 9.83 Å². The Morgan fingerprint density at radius 2 is 1.77 bits per heavy atom. The minimum absolute atomic E-state index is 0. The van der Waals surface area contributed by atoms with Crippen molar-refractivity contribution in [2.75, 3.05) is 6.61 Å². The van der Waals surface area contributed by atoms with E-state index in [0.717, 1.165) is 11.3 Å². The van der Waals surface area contributed by atoms with Crippen LogP contribution in [0.4, 0.5) is 10.4 Å². The van der Waals surface area contributed by atoms with E-state index in [1.807, 2.05) is 13.8 Å². The van der Waals surface area contributed by atoms with Crippen LogP contribution in [0.5, 0.6) is 5.75 Å². The lowest BCUT2D eigenvalue weighted by Gasteiger charge is -2.11. The van der Waals surface area contributed by atoms with E-state index in [2.05, 4.69) is 15.1 Å². The molecule has 1 aromatic heterocycles. The molecule has 0 spiro atoms. The van der Waals surface area contributed by atoms with E-state index in [0.29, 0.717) is 45.1 Å². The van der Waals surface area contributed by atoms with E-state index >= 15 is 0 Å². The maximum atomic E-state index is 12.3. The summed E-state index contributed by atoms with van der Waals surface area (Å²) in [5.74, 6) is -1.68. The van der Waals surface area contributed by atoms with Crippen molar-refractivity contribution in [3.8, 4) is 16.3 Å². The van der Waals surface area contributed by atoms with Crippen molar-refractivity contribution in [1.29, 1.82) is 0 Å². The number of thiazole rings is 1. The van der Waals surface area contributed by atoms with Crippen molar-refractivity contribution in [3.05, 3.63) is 40.2 Å². The van der Waals surface area contributed by atoms with Gasteiger partial charge in [0.15, 0.2) is 0 Å². The highest BCUT2D eigenvalue weighted by atomic mass is 32.1. The zero-order chi connectivity index (χ0) is 25.3. The van der Waals surface area contributed by atoms with Crippen molar-refractivity contribution in [2.45, 2.75) is 54.1 Å². The Balaban J connectivity index is 0. The van der Waals surface area contributed by atoms with Gasteiger partial charge in [0.1, 0.15) is 27.7 Å². The molecule has 0 aliphatic heterocycles. The highest BCUT2D eigenvalue weighted by Crippen LogP contribution is 2.35. The highest BCUT2D eigenvalue weighted by molar-refractivity contribution is 7.17. The van der Waals surface area contributed by atoms with Gasteiger partial charge < -0.3 is 26.0 Å². The number of amides is 1. The Morgan fingerprint density at radius 3 is 2.23 bits per heavy atom. The van der Waals surface area contributed by atoms with Crippen LogP contribution in [0.3, 0.4) is 0 Å². The van der Waals surface area contributed by atoms with E-state index in [4.69, 9.17) is 27.3 Å². The van der Waals surface area contributed by atoms with Gasteiger partial charge in [0.05, 0.1) is 18.9 Å². The number of carboxylic acid groups (broad SMARTS) is 2. The lowest BCUT2D eigenvalue weighted by molar-refractivity contribution is -0.139. The first-order valence-corrected chi connectivity index (χ1v) is 10.8. The molecule has 2 aromatic rings. The van der Waals surface area contributed by atoms with Gasteiger partial charge in [-0.3, -0.25) is 19.1 Å². The summed E-state index contributed by atoms with van der Waals surface area (Å²) in [5.41, 5.74) is 6.43. The summed E-state index contributed by atoms with van der Waals surface area (Å²) in [6.07, 6.45) is 0. The molecular formula is C23H33FN4O6S. The van der Waals surface area contributed by atoms with E-state index < -0.39 is 29.9 Å². The van der Waals surface area contributed by atoms with Gasteiger partial charge in [0.25, 0.3) is 5.91 Å². The molecule has 0 radical (unpaired) electrons. The topological polar surface area (TPSA) is 156 Å². The van der Waals surface area contributed by atoms with Crippen molar-refractivity contribution in [3.63, 3.8) is 0 Å². The molecule has 0 fully saturated rings. The number of aromatic nitrogens is 1. The average molecular weight is 513 g/mol. The number of nitrogens with one attached hydrogen (secondary N) is 1. The summed E-state index contributed by atoms with van der Waals surface area (Å²) >= 11 is 1.16. The molecule has 0 saturated heterocycles. The molecule has 12 heteroatoms. The number of ether oxygens (including phenoxy) is 1. The first kappa shape index (κ1) is 33.6. The molecule has 2 unspecified atom stereocenters. The first-order valence-electron chi connectivity index (χ1n) is 10.0. The fourth-order valence-electron chi connectivity index (χ4n) is 2.17. The van der Waals surface area contributed by atoms with Crippen LogP contribution in [0, 0.1) is 19.4 Å². The molecule has 5 N–H and O–H groups in total. The van der Waals surface area contributed by atoms with Crippen molar-refractivity contribution >= 4 is 34.9 Å². The number of carbonyl (C=O) groups excluding carboxylic acids is 1. The number of nitrogens with two attached hydrogens (primary N) is 1. The quantitative estimate of drug-likeness (QED) is 0.385. The van der Waals surface area contributed by atoms with Gasteiger partial charge in [-0.05, 0) is 38.8 Å². The fraction of sp³-hybridized carbons (Fsp3) is 0.435. The predicted octanol–water partition coefficient (Wildman–Crippen LogP) is 4.11. The number of aryl methyl sites for hydroxylation is 1. The molecule has 2 rings (SSSR count). The lowest BCUT2D eigenvalue weighted by Crippen LogP contribution is -2.38. The monoisotopic (exact) mass is 512 g/mol. The highest BCUT2D eigenvalue weighted by Gasteiger charge is 2.21. The minimum Gasteiger partial charge on any atom is -0.504 e. The van der Waals surface area contributed by atoms with Crippen molar-refractivity contribution < 1.29 is 34.0 Å². The normalized spacial score (nSPS) is 11.4. The van der Waals surface area contributed by atoms with E-state index in [1.165, 1.54) is 13.8 Å². The van der Waals surface area contributed by atoms with Crippen molar-refractivity contribution in [2.24, 2.45) is 11.7 Å². The van der Waals surface area contributed by atoms with E-state index in [1.54, 1.807) is 25.1 Å². The van der Waals surface area contributed by atoms with Gasteiger partial charge in [0, 0.05) is 5.56 Å². The molecule has 1 heterocycles. The Bertz CT molecular complexity index is 1050. The van der Waals surface area contributed by atoms with Crippen LogP contribution < -0.4 is 15.8 Å². The number of hydrogen-bond donors (Lipinski definition) is 4. The van der Waals surface area contributed by atoms with Crippen LogP contribution in [0.15, 0.2) is 18.2 Å². The Hall–Kier alpha value is -3.56. The van der Waals surface area contributed by atoms with Crippen molar-refractivity contribution in [1.82, 2.24) is 10.3 Å². The van der Waals surface area contributed by atoms with Gasteiger partial charge in [0.2, 0.25) is 5.69 Å². The molecule has 0 bridgehead atoms. The second kappa shape index (κ2) is 15.4. The Morgan fingerprint density at radius 1 is 1.20 bits per heavy atom. The predicted molar refractivity (Wildman–Crippen MR) is 134 cm³/mol. The van der Waals surface area contributed by atoms with Gasteiger partial charge in [-0.2, -0.15) is 0 Å². The maximum absolute atomic E-state index is 12.3. The summed E-state index contributed by atoms with van der Waals surface area (Å²) < 4.78 is 5.66.